The summed E-state index contributed by atoms with van der Waals surface area (Å²) in [6, 6.07) is 13.2. The topological polar surface area (TPSA) is 155 Å². The molecule has 2 amide bonds. The summed E-state index contributed by atoms with van der Waals surface area (Å²) in [5, 5.41) is 23.9. The van der Waals surface area contributed by atoms with Crippen LogP contribution in [0.3, 0.4) is 0 Å². The van der Waals surface area contributed by atoms with Gasteiger partial charge in [-0.15, -0.1) is 0 Å². The van der Waals surface area contributed by atoms with Crippen LogP contribution in [0, 0.1) is 17.8 Å². The minimum atomic E-state index is -1.76. The first-order valence-electron chi connectivity index (χ1n) is 18.8. The molecule has 2 aromatic carbocycles. The number of Topliss-reactive ketones (excluding diaryl/α,β-unsaturated/α-hetero) is 1. The predicted molar refractivity (Wildman–Crippen MR) is 205 cm³/mol. The van der Waals surface area contributed by atoms with Gasteiger partial charge in [0.05, 0.1) is 23.9 Å². The van der Waals surface area contributed by atoms with Gasteiger partial charge in [0, 0.05) is 38.8 Å². The van der Waals surface area contributed by atoms with Crippen LogP contribution in [0.2, 0.25) is 0 Å². The van der Waals surface area contributed by atoms with Crippen molar-refractivity contribution in [3.05, 3.63) is 89.5 Å². The number of benzene rings is 2. The Morgan fingerprint density at radius 2 is 1.72 bits per heavy atom. The van der Waals surface area contributed by atoms with E-state index in [4.69, 9.17) is 14.2 Å². The molecule has 11 heteroatoms. The van der Waals surface area contributed by atoms with E-state index in [2.05, 4.69) is 5.32 Å². The van der Waals surface area contributed by atoms with Gasteiger partial charge in [0.2, 0.25) is 5.91 Å². The van der Waals surface area contributed by atoms with Crippen LogP contribution >= 0.6 is 0 Å². The van der Waals surface area contributed by atoms with Crippen LogP contribution < -0.4 is 5.32 Å². The molecule has 0 unspecified atom stereocenters. The SMILES string of the molecule is CC[C@H](C)[C@H]1C(=O)C[C@H](Cc2ccc(O)cc2)C(=O)N[C@@H](C(C)(C)O)C(=O)O[C@H](c2ccccc2)[C@H](C)/C=C/C=C(\C)[C@H](OC)C[C@@H]2O[C@@]2(C)C(=O)N1C. The van der Waals surface area contributed by atoms with Gasteiger partial charge in [-0.1, -0.05) is 87.9 Å². The second-order valence-corrected chi connectivity index (χ2v) is 15.7. The minimum absolute atomic E-state index is 0.0434. The Hall–Kier alpha value is -4.32. The molecule has 1 saturated heterocycles. The Morgan fingerprint density at radius 1 is 1.07 bits per heavy atom. The number of nitrogens with zero attached hydrogens (tertiary/aromatic N) is 1. The summed E-state index contributed by atoms with van der Waals surface area (Å²) in [5.74, 6) is -3.71. The van der Waals surface area contributed by atoms with Crippen LogP contribution in [0.15, 0.2) is 78.4 Å². The number of fused-ring (bicyclic) bond motifs is 1. The van der Waals surface area contributed by atoms with Crippen LogP contribution in [-0.2, 0) is 39.8 Å². The number of amides is 2. The summed E-state index contributed by atoms with van der Waals surface area (Å²) < 4.78 is 18.0. The lowest BCUT2D eigenvalue weighted by molar-refractivity contribution is -0.162. The number of aliphatic hydroxyl groups is 1. The lowest BCUT2D eigenvalue weighted by Gasteiger charge is -2.34. The quantitative estimate of drug-likeness (QED) is 0.241. The first-order chi connectivity index (χ1) is 25.4. The Morgan fingerprint density at radius 3 is 2.31 bits per heavy atom. The van der Waals surface area contributed by atoms with E-state index in [1.54, 1.807) is 33.2 Å². The molecule has 0 saturated carbocycles. The molecule has 0 aliphatic carbocycles. The predicted octanol–water partition coefficient (Wildman–Crippen LogP) is 5.64. The number of epoxide rings is 1. The summed E-state index contributed by atoms with van der Waals surface area (Å²) in [7, 11) is 3.20. The average Bonchev–Trinajstić information content (AvgIpc) is 3.80. The first-order valence-corrected chi connectivity index (χ1v) is 18.8. The van der Waals surface area contributed by atoms with Crippen molar-refractivity contribution in [2.75, 3.05) is 14.2 Å². The number of carbonyl (C=O) groups is 4. The van der Waals surface area contributed by atoms with Crippen molar-refractivity contribution >= 4 is 23.6 Å². The van der Waals surface area contributed by atoms with Crippen molar-refractivity contribution in [1.29, 1.82) is 0 Å². The normalized spacial score (nSPS) is 31.6. The van der Waals surface area contributed by atoms with Gasteiger partial charge >= 0.3 is 5.97 Å². The molecule has 1 fully saturated rings. The highest BCUT2D eigenvalue weighted by molar-refractivity contribution is 5.96. The Kier molecular flexibility index (Phi) is 14.0. The third-order valence-corrected chi connectivity index (χ3v) is 10.9. The highest BCUT2D eigenvalue weighted by Crippen LogP contribution is 2.43. The molecule has 2 aliphatic heterocycles. The minimum Gasteiger partial charge on any atom is -0.508 e. The zero-order chi connectivity index (χ0) is 40.0. The summed E-state index contributed by atoms with van der Waals surface area (Å²) >= 11 is 0. The maximum absolute atomic E-state index is 14.4. The van der Waals surface area contributed by atoms with E-state index >= 15 is 0 Å². The second kappa shape index (κ2) is 17.9. The highest BCUT2D eigenvalue weighted by Gasteiger charge is 2.61. The summed E-state index contributed by atoms with van der Waals surface area (Å²) in [4.78, 5) is 58.3. The number of cyclic esters (lactones) is 1. The van der Waals surface area contributed by atoms with E-state index in [0.29, 0.717) is 18.4 Å². The number of phenolic OH excluding ortho intramolecular Hbond substituents is 1. The molecule has 4 rings (SSSR count). The van der Waals surface area contributed by atoms with E-state index in [-0.39, 0.29) is 48.2 Å². The molecular weight excluding hydrogens is 688 g/mol. The van der Waals surface area contributed by atoms with Crippen LogP contribution in [0.5, 0.6) is 5.75 Å². The van der Waals surface area contributed by atoms with Crippen molar-refractivity contribution < 1.29 is 43.6 Å². The number of likely N-dealkylation sites (N-methyl/N-ethyl adjacent to an activating group) is 1. The number of aromatic hydroxyl groups is 1. The van der Waals surface area contributed by atoms with Crippen LogP contribution in [-0.4, -0.2) is 88.3 Å². The van der Waals surface area contributed by atoms with Gasteiger partial charge in [-0.2, -0.15) is 0 Å². The number of ether oxygens (including phenoxy) is 3. The van der Waals surface area contributed by atoms with Crippen molar-refractivity contribution in [2.45, 2.75) is 116 Å². The number of carbonyl (C=O) groups excluding carboxylic acids is 4. The van der Waals surface area contributed by atoms with Gasteiger partial charge in [-0.3, -0.25) is 14.4 Å². The van der Waals surface area contributed by atoms with E-state index in [1.165, 1.54) is 30.9 Å². The number of hydrogen-bond acceptors (Lipinski definition) is 9. The van der Waals surface area contributed by atoms with Crippen LogP contribution in [0.4, 0.5) is 0 Å². The molecule has 2 aliphatic rings. The number of phenols is 1. The first kappa shape index (κ1) is 42.4. The zero-order valence-electron chi connectivity index (χ0n) is 33.1. The molecular formula is C43H58N2O9. The third kappa shape index (κ3) is 10.2. The molecule has 2 heterocycles. The van der Waals surface area contributed by atoms with E-state index in [1.807, 2.05) is 76.3 Å². The van der Waals surface area contributed by atoms with E-state index in [0.717, 1.165) is 11.1 Å². The number of rotatable bonds is 7. The molecule has 0 radical (unpaired) electrons. The molecule has 2 aromatic rings. The smallest absolute Gasteiger partial charge is 0.332 e. The highest BCUT2D eigenvalue weighted by atomic mass is 16.6. The molecule has 9 atom stereocenters. The number of nitrogens with one attached hydrogen (secondary N) is 1. The lowest BCUT2D eigenvalue weighted by atomic mass is 9.85. The molecule has 294 valence electrons. The second-order valence-electron chi connectivity index (χ2n) is 15.7. The van der Waals surface area contributed by atoms with Gasteiger partial charge < -0.3 is 34.6 Å². The van der Waals surface area contributed by atoms with Crippen molar-refractivity contribution in [3.63, 3.8) is 0 Å². The van der Waals surface area contributed by atoms with Gasteiger partial charge in [0.15, 0.2) is 17.4 Å². The fourth-order valence-corrected chi connectivity index (χ4v) is 7.23. The molecule has 11 nitrogen and oxygen atoms in total. The molecule has 3 N–H and O–H groups in total. The Labute approximate surface area is 319 Å². The fourth-order valence-electron chi connectivity index (χ4n) is 7.23. The molecule has 0 spiro atoms. The third-order valence-electron chi connectivity index (χ3n) is 10.9. The van der Waals surface area contributed by atoms with Crippen LogP contribution in [0.25, 0.3) is 0 Å². The lowest BCUT2D eigenvalue weighted by Crippen LogP contribution is -2.57. The Bertz CT molecular complexity index is 1680. The summed E-state index contributed by atoms with van der Waals surface area (Å²) in [6.07, 6.45) is 4.93. The van der Waals surface area contributed by atoms with Crippen molar-refractivity contribution in [1.82, 2.24) is 10.2 Å². The number of ketones is 1. The number of esters is 1. The average molecular weight is 747 g/mol. The number of allylic oxidation sites excluding steroid dienone is 2. The molecule has 54 heavy (non-hydrogen) atoms. The maximum Gasteiger partial charge on any atom is 0.332 e. The zero-order valence-corrected chi connectivity index (χ0v) is 33.1. The van der Waals surface area contributed by atoms with Gasteiger partial charge in [0.1, 0.15) is 11.9 Å². The van der Waals surface area contributed by atoms with Gasteiger partial charge in [-0.05, 0) is 68.9 Å². The van der Waals surface area contributed by atoms with Crippen molar-refractivity contribution in [3.8, 4) is 5.75 Å². The molecule has 0 bridgehead atoms. The number of hydrogen-bond donors (Lipinski definition) is 3. The van der Waals surface area contributed by atoms with Crippen LogP contribution in [0.1, 0.15) is 85.0 Å². The maximum atomic E-state index is 14.4. The standard InChI is InChI=1S/C43H58N2O9/c1-10-26(2)36-33(47)24-31(23-29-19-21-32(46)22-20-29)39(48)44-38(42(5,6)51)40(49)53-37(30-17-12-11-13-18-30)28(4)16-14-15-27(3)34(52-9)25-35-43(7,54-35)41(50)45(36)8/h11-22,26,28,31,34-38,46,51H,10,23-25H2,1-9H3,(H,44,48)/b16-14+,27-15+/t26-,28+,31-,34+,35-,36-,37-,38+,43+/m0/s1. The monoisotopic (exact) mass is 746 g/mol. The Balaban J connectivity index is 1.81. The summed E-state index contributed by atoms with van der Waals surface area (Å²) in [5.41, 5.74) is -0.628. The fraction of sp³-hybridized carbons (Fsp3) is 0.535. The number of methoxy groups -OCH3 is 1. The van der Waals surface area contributed by atoms with Crippen molar-refractivity contribution in [2.24, 2.45) is 17.8 Å². The van der Waals surface area contributed by atoms with Gasteiger partial charge in [-0.25, -0.2) is 4.79 Å². The largest absolute Gasteiger partial charge is 0.508 e. The van der Waals surface area contributed by atoms with E-state index in [9.17, 15) is 29.4 Å². The molecule has 0 aromatic heterocycles. The van der Waals surface area contributed by atoms with E-state index < -0.39 is 53.3 Å². The summed E-state index contributed by atoms with van der Waals surface area (Å²) in [6.45, 7) is 12.2. The van der Waals surface area contributed by atoms with Gasteiger partial charge in [0.25, 0.3) is 5.91 Å².